The molecular formula is C17H12ClNO3S. The fourth-order valence-electron chi connectivity index (χ4n) is 2.16. The molecule has 3 rings (SSSR count). The van der Waals surface area contributed by atoms with Crippen LogP contribution in [-0.2, 0) is 4.79 Å². The molecule has 0 bridgehead atoms. The Balaban J connectivity index is 1.92. The van der Waals surface area contributed by atoms with Gasteiger partial charge in [-0.25, -0.2) is 4.90 Å². The Labute approximate surface area is 142 Å². The number of rotatable bonds is 3. The number of carbonyl (C=O) groups excluding carboxylic acids is 2. The molecule has 0 unspecified atom stereocenters. The van der Waals surface area contributed by atoms with Crippen LogP contribution in [-0.4, -0.2) is 18.3 Å². The lowest BCUT2D eigenvalue weighted by atomic mass is 10.2. The van der Waals surface area contributed by atoms with Crippen molar-refractivity contribution in [2.24, 2.45) is 0 Å². The highest BCUT2D eigenvalue weighted by Crippen LogP contribution is 2.36. The summed E-state index contributed by atoms with van der Waals surface area (Å²) in [4.78, 5) is 26.2. The number of nitrogens with zero attached hydrogens (tertiary/aromatic N) is 1. The molecule has 0 saturated carbocycles. The van der Waals surface area contributed by atoms with Crippen LogP contribution >= 0.6 is 23.4 Å². The summed E-state index contributed by atoms with van der Waals surface area (Å²) in [5.74, 6) is 0.303. The summed E-state index contributed by atoms with van der Waals surface area (Å²) in [5, 5.41) is 0.196. The van der Waals surface area contributed by atoms with Gasteiger partial charge in [0, 0.05) is 5.02 Å². The maximum atomic E-state index is 12.5. The molecule has 0 atom stereocenters. The third kappa shape index (κ3) is 3.11. The number of thioether (sulfide) groups is 1. The zero-order valence-corrected chi connectivity index (χ0v) is 13.7. The first kappa shape index (κ1) is 15.6. The first-order valence-corrected chi connectivity index (χ1v) is 7.96. The Bertz CT molecular complexity index is 802. The van der Waals surface area contributed by atoms with E-state index in [1.54, 1.807) is 49.6 Å². The fraction of sp³-hybridized carbons (Fsp3) is 0.0588. The molecule has 2 amide bonds. The molecule has 1 saturated heterocycles. The molecule has 23 heavy (non-hydrogen) atoms. The van der Waals surface area contributed by atoms with E-state index in [1.807, 2.05) is 12.1 Å². The first-order chi connectivity index (χ1) is 11.1. The zero-order valence-electron chi connectivity index (χ0n) is 12.2. The predicted octanol–water partition coefficient (Wildman–Crippen LogP) is 4.59. The normalized spacial score (nSPS) is 16.3. The first-order valence-electron chi connectivity index (χ1n) is 6.76. The van der Waals surface area contributed by atoms with Crippen molar-refractivity contribution < 1.29 is 14.3 Å². The molecule has 0 aliphatic carbocycles. The van der Waals surface area contributed by atoms with Gasteiger partial charge in [-0.05, 0) is 53.7 Å². The van der Waals surface area contributed by atoms with Crippen molar-refractivity contribution in [3.8, 4) is 5.75 Å². The van der Waals surface area contributed by atoms with Crippen LogP contribution in [0, 0.1) is 0 Å². The summed E-state index contributed by atoms with van der Waals surface area (Å²) < 4.78 is 5.08. The minimum Gasteiger partial charge on any atom is -0.497 e. The van der Waals surface area contributed by atoms with Crippen LogP contribution in [0.4, 0.5) is 10.5 Å². The van der Waals surface area contributed by atoms with Gasteiger partial charge in [-0.1, -0.05) is 29.8 Å². The number of halogens is 1. The molecule has 1 heterocycles. The molecular weight excluding hydrogens is 334 g/mol. The van der Waals surface area contributed by atoms with E-state index in [0.717, 1.165) is 16.7 Å². The minimum atomic E-state index is -0.356. The number of carbonyl (C=O) groups is 2. The number of benzene rings is 2. The number of ether oxygens (including phenoxy) is 1. The van der Waals surface area contributed by atoms with Gasteiger partial charge in [0.2, 0.25) is 0 Å². The maximum absolute atomic E-state index is 12.5. The highest BCUT2D eigenvalue weighted by molar-refractivity contribution is 8.19. The Morgan fingerprint density at radius 1 is 1.09 bits per heavy atom. The van der Waals surface area contributed by atoms with Gasteiger partial charge in [0.15, 0.2) is 0 Å². The minimum absolute atomic E-state index is 0.335. The molecule has 2 aromatic carbocycles. The molecule has 1 aliphatic rings. The van der Waals surface area contributed by atoms with E-state index in [4.69, 9.17) is 16.3 Å². The molecule has 0 aromatic heterocycles. The van der Waals surface area contributed by atoms with Gasteiger partial charge in [0.1, 0.15) is 5.75 Å². The Morgan fingerprint density at radius 3 is 2.43 bits per heavy atom. The van der Waals surface area contributed by atoms with E-state index in [0.29, 0.717) is 26.9 Å². The number of hydrogen-bond donors (Lipinski definition) is 0. The van der Waals surface area contributed by atoms with E-state index in [1.165, 1.54) is 0 Å². The van der Waals surface area contributed by atoms with Gasteiger partial charge in [-0.15, -0.1) is 0 Å². The van der Waals surface area contributed by atoms with Crippen molar-refractivity contribution >= 4 is 46.3 Å². The van der Waals surface area contributed by atoms with Gasteiger partial charge < -0.3 is 4.74 Å². The molecule has 6 heteroatoms. The monoisotopic (exact) mass is 345 g/mol. The van der Waals surface area contributed by atoms with Gasteiger partial charge in [0.25, 0.3) is 11.1 Å². The second kappa shape index (κ2) is 6.48. The second-order valence-electron chi connectivity index (χ2n) is 4.74. The van der Waals surface area contributed by atoms with Crippen LogP contribution in [0.3, 0.4) is 0 Å². The van der Waals surface area contributed by atoms with Crippen LogP contribution in [0.1, 0.15) is 5.56 Å². The Hall–Kier alpha value is -2.24. The average molecular weight is 346 g/mol. The van der Waals surface area contributed by atoms with Crippen LogP contribution < -0.4 is 9.64 Å². The van der Waals surface area contributed by atoms with Gasteiger partial charge in [-0.3, -0.25) is 9.59 Å². The van der Waals surface area contributed by atoms with Crippen molar-refractivity contribution in [1.29, 1.82) is 0 Å². The third-order valence-electron chi connectivity index (χ3n) is 3.32. The summed E-state index contributed by atoms with van der Waals surface area (Å²) in [5.41, 5.74) is 1.21. The summed E-state index contributed by atoms with van der Waals surface area (Å²) in [6.07, 6.45) is 1.64. The van der Waals surface area contributed by atoms with Gasteiger partial charge >= 0.3 is 0 Å². The highest BCUT2D eigenvalue weighted by atomic mass is 35.5. The second-order valence-corrected chi connectivity index (χ2v) is 6.14. The van der Waals surface area contributed by atoms with Gasteiger partial charge in [0.05, 0.1) is 17.7 Å². The zero-order chi connectivity index (χ0) is 16.4. The van der Waals surface area contributed by atoms with E-state index >= 15 is 0 Å². The summed E-state index contributed by atoms with van der Waals surface area (Å²) in [6, 6.07) is 13.9. The van der Waals surface area contributed by atoms with Crippen LogP contribution in [0.2, 0.25) is 5.02 Å². The average Bonchev–Trinajstić information content (AvgIpc) is 2.84. The third-order valence-corrected chi connectivity index (χ3v) is 4.53. The quantitative estimate of drug-likeness (QED) is 0.763. The molecule has 4 nitrogen and oxygen atoms in total. The molecule has 0 spiro atoms. The van der Waals surface area contributed by atoms with Crippen molar-refractivity contribution in [2.45, 2.75) is 0 Å². The highest BCUT2D eigenvalue weighted by Gasteiger charge is 2.36. The molecule has 1 fully saturated rings. The lowest BCUT2D eigenvalue weighted by Crippen LogP contribution is -2.27. The standard InChI is InChI=1S/C17H12ClNO3S/c1-22-13-8-6-12(7-9-13)19-16(20)15(23-17(19)21)10-11-4-2-3-5-14(11)18/h2-10H,1H3/b15-10-. The van der Waals surface area contributed by atoms with Crippen LogP contribution in [0.5, 0.6) is 5.75 Å². The number of amides is 2. The Morgan fingerprint density at radius 2 is 1.78 bits per heavy atom. The van der Waals surface area contributed by atoms with Gasteiger partial charge in [-0.2, -0.15) is 0 Å². The Kier molecular flexibility index (Phi) is 4.41. The smallest absolute Gasteiger partial charge is 0.298 e. The summed E-state index contributed by atoms with van der Waals surface area (Å²) in [7, 11) is 1.56. The van der Waals surface area contributed by atoms with Crippen LogP contribution in [0.15, 0.2) is 53.4 Å². The largest absolute Gasteiger partial charge is 0.497 e. The van der Waals surface area contributed by atoms with Crippen LogP contribution in [0.25, 0.3) is 6.08 Å². The molecule has 0 radical (unpaired) electrons. The summed E-state index contributed by atoms with van der Waals surface area (Å²) in [6.45, 7) is 0. The van der Waals surface area contributed by atoms with Crippen molar-refractivity contribution in [3.63, 3.8) is 0 Å². The predicted molar refractivity (Wildman–Crippen MR) is 92.9 cm³/mol. The molecule has 0 N–H and O–H groups in total. The lowest BCUT2D eigenvalue weighted by molar-refractivity contribution is -0.113. The van der Waals surface area contributed by atoms with E-state index < -0.39 is 0 Å². The molecule has 116 valence electrons. The topological polar surface area (TPSA) is 46.6 Å². The number of imide groups is 1. The maximum Gasteiger partial charge on any atom is 0.298 e. The lowest BCUT2D eigenvalue weighted by Gasteiger charge is -2.12. The molecule has 1 aliphatic heterocycles. The van der Waals surface area contributed by atoms with E-state index in [2.05, 4.69) is 0 Å². The number of hydrogen-bond acceptors (Lipinski definition) is 4. The van der Waals surface area contributed by atoms with Crippen molar-refractivity contribution in [1.82, 2.24) is 0 Å². The van der Waals surface area contributed by atoms with E-state index in [-0.39, 0.29) is 11.1 Å². The fourth-order valence-corrected chi connectivity index (χ4v) is 3.18. The molecule has 2 aromatic rings. The number of methoxy groups -OCH3 is 1. The van der Waals surface area contributed by atoms with Crippen molar-refractivity contribution in [3.05, 3.63) is 64.0 Å². The SMILES string of the molecule is COc1ccc(N2C(=O)S/C(=C\c3ccccc3Cl)C2=O)cc1. The van der Waals surface area contributed by atoms with E-state index in [9.17, 15) is 9.59 Å². The number of anilines is 1. The summed E-state index contributed by atoms with van der Waals surface area (Å²) >= 11 is 6.99. The van der Waals surface area contributed by atoms with Crippen molar-refractivity contribution in [2.75, 3.05) is 12.0 Å².